The Hall–Kier alpha value is -2.96. The van der Waals surface area contributed by atoms with Crippen LogP contribution in [0.25, 0.3) is 0 Å². The molecule has 0 aliphatic rings. The number of phosphoric ester groups is 2. The number of allylic oxidation sites excluding steroid dienone is 13. The molecule has 17 nitrogen and oxygen atoms in total. The number of esters is 2. The highest BCUT2D eigenvalue weighted by molar-refractivity contribution is 8.00. The number of carbonyl (C=O) groups is 3. The Morgan fingerprint density at radius 1 is 0.623 bits per heavy atom. The summed E-state index contributed by atoms with van der Waals surface area (Å²) in [5.74, 6) is -2.72. The molecular formula is C49H83NO16P2S. The second-order valence-corrected chi connectivity index (χ2v) is 20.1. The first-order valence-electron chi connectivity index (χ1n) is 24.2. The van der Waals surface area contributed by atoms with E-state index >= 15 is 0 Å². The number of hydrogen-bond acceptors (Lipinski definition) is 14. The summed E-state index contributed by atoms with van der Waals surface area (Å²) in [5.41, 5.74) is 6.18. The highest BCUT2D eigenvalue weighted by Crippen LogP contribution is 2.44. The second kappa shape index (κ2) is 43.8. The van der Waals surface area contributed by atoms with E-state index in [1.807, 2.05) is 30.4 Å². The molecule has 0 aromatic heterocycles. The minimum absolute atomic E-state index is 0.0170. The molecule has 6 atom stereocenters. The number of carbonyl (C=O) groups excluding carboxylic acids is 2. The molecule has 0 aromatic rings. The topological polar surface area (TPSA) is 279 Å². The minimum atomic E-state index is -4.99. The summed E-state index contributed by atoms with van der Waals surface area (Å²) in [4.78, 5) is 64.8. The smallest absolute Gasteiger partial charge is 0.472 e. The molecule has 0 aliphatic carbocycles. The van der Waals surface area contributed by atoms with Gasteiger partial charge in [0.2, 0.25) is 0 Å². The molecule has 0 aromatic carbocycles. The average molecular weight is 1040 g/mol. The lowest BCUT2D eigenvalue weighted by molar-refractivity contribution is -0.161. The van der Waals surface area contributed by atoms with Gasteiger partial charge >= 0.3 is 33.6 Å². The van der Waals surface area contributed by atoms with Crippen molar-refractivity contribution < 1.29 is 76.6 Å². The minimum Gasteiger partial charge on any atom is -0.481 e. The van der Waals surface area contributed by atoms with E-state index in [9.17, 15) is 38.6 Å². The summed E-state index contributed by atoms with van der Waals surface area (Å²) in [6, 6.07) is -1.31. The fraction of sp³-hybridized carbons (Fsp3) is 0.653. The number of nitrogens with two attached hydrogens (primary N) is 1. The van der Waals surface area contributed by atoms with Crippen LogP contribution in [0.5, 0.6) is 0 Å². The molecule has 0 rings (SSSR count). The first-order valence-corrected chi connectivity index (χ1v) is 28.3. The summed E-state index contributed by atoms with van der Waals surface area (Å²) in [6.07, 6.45) is 40.7. The van der Waals surface area contributed by atoms with Crippen molar-refractivity contribution in [3.63, 3.8) is 0 Å². The van der Waals surface area contributed by atoms with Gasteiger partial charge in [0.15, 0.2) is 6.10 Å². The molecule has 396 valence electrons. The lowest BCUT2D eigenvalue weighted by Crippen LogP contribution is -2.40. The zero-order chi connectivity index (χ0) is 51.4. The molecule has 8 N–H and O–H groups in total. The van der Waals surface area contributed by atoms with Gasteiger partial charge in [0, 0.05) is 23.8 Å². The zero-order valence-corrected chi connectivity index (χ0v) is 43.4. The highest BCUT2D eigenvalue weighted by atomic mass is 32.2. The number of aliphatic hydroxyl groups is 2. The maximum Gasteiger partial charge on any atom is 0.472 e. The number of aliphatic carboxylic acids is 1. The van der Waals surface area contributed by atoms with Crippen molar-refractivity contribution in [2.45, 2.75) is 172 Å². The quantitative estimate of drug-likeness (QED) is 0.00982. The first kappa shape index (κ1) is 66.0. The predicted octanol–water partition coefficient (Wildman–Crippen LogP) is 9.65. The van der Waals surface area contributed by atoms with Crippen LogP contribution in [0.4, 0.5) is 0 Å². The number of carboxylic acid groups (broad SMARTS) is 1. The highest BCUT2D eigenvalue weighted by Gasteiger charge is 2.30. The normalized spacial score (nSPS) is 15.8. The third-order valence-corrected chi connectivity index (χ3v) is 12.6. The van der Waals surface area contributed by atoms with Crippen LogP contribution in [-0.4, -0.2) is 110 Å². The van der Waals surface area contributed by atoms with E-state index in [0.29, 0.717) is 12.8 Å². The van der Waals surface area contributed by atoms with E-state index in [0.717, 1.165) is 43.9 Å². The molecule has 0 aliphatic heterocycles. The summed E-state index contributed by atoms with van der Waals surface area (Å²) < 4.78 is 48.0. The molecular weight excluding hydrogens is 953 g/mol. The van der Waals surface area contributed by atoms with Crippen molar-refractivity contribution in [3.05, 3.63) is 85.1 Å². The van der Waals surface area contributed by atoms with E-state index in [2.05, 4.69) is 59.4 Å². The van der Waals surface area contributed by atoms with Crippen LogP contribution >= 0.6 is 27.4 Å². The molecule has 69 heavy (non-hydrogen) atoms. The molecule has 0 amide bonds. The molecule has 20 heteroatoms. The Bertz CT molecular complexity index is 1660. The van der Waals surface area contributed by atoms with Gasteiger partial charge in [-0.05, 0) is 70.6 Å². The van der Waals surface area contributed by atoms with Crippen LogP contribution in [0.1, 0.15) is 142 Å². The van der Waals surface area contributed by atoms with Crippen molar-refractivity contribution in [2.75, 3.05) is 32.2 Å². The van der Waals surface area contributed by atoms with E-state index < -0.39 is 89.6 Å². The SMILES string of the molecule is CCCCC/C=C\C\C=C/C=C/C=C/[C@@H](SC[C@H](N)C(=O)O[C@H](COC(=O)CCC/C=C\C/C=C\C/C=C\CCCCCCCC)COP(=O)(O)OC[C@@H](O)COP(=O)(O)O)[C@@H](O)CCCC(=O)O. The molecule has 0 spiro atoms. The average Bonchev–Trinajstić information content (AvgIpc) is 3.30. The van der Waals surface area contributed by atoms with E-state index in [-0.39, 0.29) is 31.4 Å². The van der Waals surface area contributed by atoms with Crippen LogP contribution in [0, 0.1) is 0 Å². The van der Waals surface area contributed by atoms with Gasteiger partial charge < -0.3 is 45.2 Å². The molecule has 0 saturated carbocycles. The number of rotatable bonds is 45. The van der Waals surface area contributed by atoms with Crippen LogP contribution in [-0.2, 0) is 46.6 Å². The molecule has 1 unspecified atom stereocenters. The van der Waals surface area contributed by atoms with Crippen molar-refractivity contribution in [2.24, 2.45) is 5.73 Å². The first-order chi connectivity index (χ1) is 33.0. The third kappa shape index (κ3) is 44.7. The van der Waals surface area contributed by atoms with Crippen LogP contribution in [0.15, 0.2) is 85.1 Å². The van der Waals surface area contributed by atoms with Gasteiger partial charge in [-0.1, -0.05) is 144 Å². The number of carboxylic acids is 1. The van der Waals surface area contributed by atoms with Gasteiger partial charge in [-0.3, -0.25) is 28.0 Å². The lowest BCUT2D eigenvalue weighted by atomic mass is 10.1. The van der Waals surface area contributed by atoms with E-state index in [1.54, 1.807) is 18.2 Å². The summed E-state index contributed by atoms with van der Waals surface area (Å²) in [6.45, 7) is 1.09. The maximum absolute atomic E-state index is 13.2. The zero-order valence-electron chi connectivity index (χ0n) is 40.8. The van der Waals surface area contributed by atoms with Crippen molar-refractivity contribution in [3.8, 4) is 0 Å². The Kier molecular flexibility index (Phi) is 41.9. The van der Waals surface area contributed by atoms with Crippen LogP contribution in [0.2, 0.25) is 0 Å². The Labute approximate surface area is 415 Å². The lowest BCUT2D eigenvalue weighted by Gasteiger charge is -2.23. The molecule has 0 saturated heterocycles. The fourth-order valence-corrected chi connectivity index (χ4v) is 8.19. The Balaban J connectivity index is 5.43. The third-order valence-electron chi connectivity index (χ3n) is 9.75. The largest absolute Gasteiger partial charge is 0.481 e. The van der Waals surface area contributed by atoms with Gasteiger partial charge in [0.05, 0.1) is 25.9 Å². The van der Waals surface area contributed by atoms with Crippen molar-refractivity contribution in [1.29, 1.82) is 0 Å². The maximum atomic E-state index is 13.2. The monoisotopic (exact) mass is 1040 g/mol. The van der Waals surface area contributed by atoms with Gasteiger partial charge in [0.25, 0.3) is 0 Å². The number of phosphoric acid groups is 2. The van der Waals surface area contributed by atoms with Crippen molar-refractivity contribution in [1.82, 2.24) is 0 Å². The van der Waals surface area contributed by atoms with Gasteiger partial charge in [-0.25, -0.2) is 9.13 Å². The van der Waals surface area contributed by atoms with E-state index in [1.165, 1.54) is 57.8 Å². The summed E-state index contributed by atoms with van der Waals surface area (Å²) in [7, 11) is -9.93. The molecule has 0 heterocycles. The van der Waals surface area contributed by atoms with Crippen molar-refractivity contribution >= 4 is 45.3 Å². The number of hydrogen-bond donors (Lipinski definition) is 7. The van der Waals surface area contributed by atoms with Gasteiger partial charge in [-0.15, -0.1) is 11.8 Å². The number of aliphatic hydroxyl groups excluding tert-OH is 2. The predicted molar refractivity (Wildman–Crippen MR) is 272 cm³/mol. The second-order valence-electron chi connectivity index (χ2n) is 16.2. The molecule has 0 fully saturated rings. The molecule has 0 bridgehead atoms. The summed E-state index contributed by atoms with van der Waals surface area (Å²) in [5, 5.41) is 29.2. The number of unbranched alkanes of at least 4 members (excludes halogenated alkanes) is 10. The Morgan fingerprint density at radius 2 is 1.16 bits per heavy atom. The van der Waals surface area contributed by atoms with E-state index in [4.69, 9.17) is 34.6 Å². The Morgan fingerprint density at radius 3 is 1.80 bits per heavy atom. The standard InChI is InChI=1S/C49H83NO16P2S/c1-3-5-7-9-11-13-15-17-18-19-20-21-23-25-27-29-31-36-48(55)62-39-43(40-65-68(60,61)64-38-42(51)37-63-67(57,58)59)66-49(56)44(50)41-69-46(45(52)33-32-35-47(53)54)34-30-28-26-24-22-16-14-12-10-8-6-4-2/h12,14,17-18,20-22,24-28,30,34,42-46,51-52H,3-11,13,15-16,19,23,29,31-33,35-41,50H2,1-2H3,(H,53,54)(H,60,61)(H2,57,58,59)/b14-12-,18-17-,21-20-,24-22-,27-25-,28-26+,34-30+/t42-,43+,44-,45-,46+/m0/s1. The number of thioether (sulfide) groups is 1. The van der Waals surface area contributed by atoms with Gasteiger partial charge in [0.1, 0.15) is 18.8 Å². The summed E-state index contributed by atoms with van der Waals surface area (Å²) >= 11 is 1.12. The number of ether oxygens (including phenoxy) is 2. The van der Waals surface area contributed by atoms with Crippen LogP contribution < -0.4 is 5.73 Å². The molecule has 0 radical (unpaired) electrons. The fourth-order valence-electron chi connectivity index (χ4n) is 5.90. The van der Waals surface area contributed by atoms with Crippen LogP contribution in [0.3, 0.4) is 0 Å². The van der Waals surface area contributed by atoms with Gasteiger partial charge in [-0.2, -0.15) is 0 Å².